The molecule has 1 nitrogen and oxygen atoms in total. The van der Waals surface area contributed by atoms with Crippen LogP contribution in [-0.4, -0.2) is 4.98 Å². The normalized spacial score (nSPS) is 11.0. The fourth-order valence-electron chi connectivity index (χ4n) is 0.347. The van der Waals surface area contributed by atoms with E-state index in [0.717, 1.165) is 0 Å². The highest BCUT2D eigenvalue weighted by Crippen LogP contribution is 2.11. The molecule has 1 aromatic heterocycles. The standard InChI is InChI=1S/C5H3Cl2N/c6-4-1-5(7)3-8-2-4/h1-3H/i1D. The minimum absolute atomic E-state index is 0.133. The topological polar surface area (TPSA) is 12.9 Å². The second kappa shape index (κ2) is 2.33. The zero-order valence-electron chi connectivity index (χ0n) is 4.86. The Morgan fingerprint density at radius 1 is 1.38 bits per heavy atom. The van der Waals surface area contributed by atoms with Crippen LogP contribution < -0.4 is 0 Å². The smallest absolute Gasteiger partial charge is 0.0655 e. The second-order valence-corrected chi connectivity index (χ2v) is 2.04. The van der Waals surface area contributed by atoms with Gasteiger partial charge in [-0.2, -0.15) is 0 Å². The minimum Gasteiger partial charge on any atom is -0.262 e. The summed E-state index contributed by atoms with van der Waals surface area (Å²) < 4.78 is 7.14. The number of pyridine rings is 1. The molecule has 42 valence electrons. The van der Waals surface area contributed by atoms with Crippen molar-refractivity contribution in [3.63, 3.8) is 0 Å². The summed E-state index contributed by atoms with van der Waals surface area (Å²) >= 11 is 11.0. The van der Waals surface area contributed by atoms with Gasteiger partial charge in [0.05, 0.1) is 11.4 Å². The molecule has 0 spiro atoms. The van der Waals surface area contributed by atoms with Crippen LogP contribution >= 0.6 is 23.2 Å². The van der Waals surface area contributed by atoms with Crippen LogP contribution in [0.4, 0.5) is 0 Å². The van der Waals surface area contributed by atoms with E-state index in [1.54, 1.807) is 0 Å². The Labute approximate surface area is 58.7 Å². The maximum absolute atomic E-state index is 7.14. The van der Waals surface area contributed by atoms with E-state index in [-0.39, 0.29) is 16.1 Å². The SMILES string of the molecule is [2H]c1c(Cl)cncc1Cl. The van der Waals surface area contributed by atoms with Crippen molar-refractivity contribution in [3.8, 4) is 0 Å². The Hall–Kier alpha value is -0.270. The van der Waals surface area contributed by atoms with E-state index in [0.29, 0.717) is 0 Å². The van der Waals surface area contributed by atoms with Gasteiger partial charge in [0.15, 0.2) is 0 Å². The van der Waals surface area contributed by atoms with Crippen LogP contribution in [0, 0.1) is 0 Å². The molecule has 0 unspecified atom stereocenters. The molecule has 0 aliphatic carbocycles. The van der Waals surface area contributed by atoms with Gasteiger partial charge in [-0.1, -0.05) is 23.2 Å². The molecular formula is C5H3Cl2N. The van der Waals surface area contributed by atoms with Gasteiger partial charge in [-0.15, -0.1) is 0 Å². The molecule has 1 heterocycles. The summed E-state index contributed by atoms with van der Waals surface area (Å²) in [7, 11) is 0. The monoisotopic (exact) mass is 148 g/mol. The molecule has 1 rings (SSSR count). The summed E-state index contributed by atoms with van der Waals surface area (Å²) in [6.07, 6.45) is 2.77. The molecule has 0 fully saturated rings. The second-order valence-electron chi connectivity index (χ2n) is 1.23. The van der Waals surface area contributed by atoms with Gasteiger partial charge in [0.1, 0.15) is 0 Å². The number of hydrogen-bond donors (Lipinski definition) is 0. The highest BCUT2D eigenvalue weighted by Gasteiger charge is 1.86. The van der Waals surface area contributed by atoms with Crippen molar-refractivity contribution < 1.29 is 1.37 Å². The van der Waals surface area contributed by atoms with Gasteiger partial charge < -0.3 is 0 Å². The van der Waals surface area contributed by atoms with Gasteiger partial charge in [0.25, 0.3) is 0 Å². The zero-order valence-corrected chi connectivity index (χ0v) is 5.37. The van der Waals surface area contributed by atoms with E-state index in [4.69, 9.17) is 24.6 Å². The predicted octanol–water partition coefficient (Wildman–Crippen LogP) is 2.39. The van der Waals surface area contributed by atoms with Crippen molar-refractivity contribution in [2.45, 2.75) is 0 Å². The van der Waals surface area contributed by atoms with E-state index >= 15 is 0 Å². The van der Waals surface area contributed by atoms with Crippen molar-refractivity contribution in [3.05, 3.63) is 28.5 Å². The van der Waals surface area contributed by atoms with Gasteiger partial charge in [0, 0.05) is 12.4 Å². The fraction of sp³-hybridized carbons (Fsp3) is 0. The van der Waals surface area contributed by atoms with Crippen LogP contribution in [0.3, 0.4) is 0 Å². The molecule has 0 aliphatic rings. The number of nitrogens with zero attached hydrogens (tertiary/aromatic N) is 1. The molecule has 0 radical (unpaired) electrons. The van der Waals surface area contributed by atoms with Crippen molar-refractivity contribution in [2.75, 3.05) is 0 Å². The van der Waals surface area contributed by atoms with Gasteiger partial charge in [-0.3, -0.25) is 4.98 Å². The summed E-state index contributed by atoms with van der Waals surface area (Å²) in [5.74, 6) is 0. The molecule has 1 aromatic rings. The first-order chi connectivity index (χ1) is 4.22. The summed E-state index contributed by atoms with van der Waals surface area (Å²) in [5, 5.41) is 0.560. The lowest BCUT2D eigenvalue weighted by Crippen LogP contribution is -1.68. The maximum Gasteiger partial charge on any atom is 0.0655 e. The first-order valence-electron chi connectivity index (χ1n) is 2.47. The lowest BCUT2D eigenvalue weighted by atomic mass is 10.5. The quantitative estimate of drug-likeness (QED) is 0.551. The summed E-state index contributed by atoms with van der Waals surface area (Å²) in [4.78, 5) is 3.66. The third-order valence-electron chi connectivity index (χ3n) is 0.615. The first-order valence-corrected chi connectivity index (χ1v) is 2.73. The Bertz CT molecular complexity index is 206. The molecule has 8 heavy (non-hydrogen) atoms. The van der Waals surface area contributed by atoms with Crippen molar-refractivity contribution in [2.24, 2.45) is 0 Å². The Morgan fingerprint density at radius 3 is 2.25 bits per heavy atom. The summed E-state index contributed by atoms with van der Waals surface area (Å²) in [6.45, 7) is 0. The molecular weight excluding hydrogens is 145 g/mol. The maximum atomic E-state index is 7.14. The largest absolute Gasteiger partial charge is 0.262 e. The van der Waals surface area contributed by atoms with Crippen molar-refractivity contribution in [1.82, 2.24) is 4.98 Å². The van der Waals surface area contributed by atoms with Crippen LogP contribution in [0.15, 0.2) is 18.4 Å². The highest BCUT2D eigenvalue weighted by molar-refractivity contribution is 6.34. The lowest BCUT2D eigenvalue weighted by molar-refractivity contribution is 1.33. The number of aromatic nitrogens is 1. The summed E-state index contributed by atoms with van der Waals surface area (Å²) in [6, 6.07) is 0.133. The molecule has 0 bridgehead atoms. The predicted molar refractivity (Wildman–Crippen MR) is 34.3 cm³/mol. The molecule has 3 heteroatoms. The Morgan fingerprint density at radius 2 is 1.88 bits per heavy atom. The fourth-order valence-corrected chi connectivity index (χ4v) is 0.711. The van der Waals surface area contributed by atoms with Crippen LogP contribution in [0.25, 0.3) is 0 Å². The molecule has 0 saturated heterocycles. The van der Waals surface area contributed by atoms with Crippen molar-refractivity contribution >= 4 is 23.2 Å². The van der Waals surface area contributed by atoms with Crippen molar-refractivity contribution in [1.29, 1.82) is 0 Å². The van der Waals surface area contributed by atoms with E-state index in [1.165, 1.54) is 12.4 Å². The number of halogens is 2. The number of hydrogen-bond acceptors (Lipinski definition) is 1. The average molecular weight is 149 g/mol. The molecule has 0 amide bonds. The van der Waals surface area contributed by atoms with E-state index in [1.807, 2.05) is 0 Å². The zero-order chi connectivity index (χ0) is 6.85. The first kappa shape index (κ1) is 4.59. The lowest BCUT2D eigenvalue weighted by Gasteiger charge is -1.85. The minimum atomic E-state index is 0.133. The Balaban J connectivity index is 3.25. The van der Waals surface area contributed by atoms with E-state index < -0.39 is 0 Å². The van der Waals surface area contributed by atoms with E-state index in [9.17, 15) is 0 Å². The van der Waals surface area contributed by atoms with Gasteiger partial charge in [-0.25, -0.2) is 0 Å². The van der Waals surface area contributed by atoms with Crippen LogP contribution in [-0.2, 0) is 0 Å². The average Bonchev–Trinajstić information content (AvgIpc) is 1.83. The molecule has 0 aliphatic heterocycles. The molecule has 0 aromatic carbocycles. The highest BCUT2D eigenvalue weighted by atomic mass is 35.5. The van der Waals surface area contributed by atoms with Gasteiger partial charge >= 0.3 is 0 Å². The molecule has 0 atom stereocenters. The number of rotatable bonds is 0. The van der Waals surface area contributed by atoms with Crippen LogP contribution in [0.1, 0.15) is 1.37 Å². The van der Waals surface area contributed by atoms with E-state index in [2.05, 4.69) is 4.98 Å². The van der Waals surface area contributed by atoms with Gasteiger partial charge in [0.2, 0.25) is 0 Å². The molecule has 0 saturated carbocycles. The van der Waals surface area contributed by atoms with Gasteiger partial charge in [-0.05, 0) is 6.04 Å². The van der Waals surface area contributed by atoms with Crippen LogP contribution in [0.5, 0.6) is 0 Å². The summed E-state index contributed by atoms with van der Waals surface area (Å²) in [5.41, 5.74) is 0. The van der Waals surface area contributed by atoms with Crippen LogP contribution in [0.2, 0.25) is 10.0 Å². The Kier molecular flexibility index (Phi) is 1.34. The third-order valence-corrected chi connectivity index (χ3v) is 0.999. The molecule has 0 N–H and O–H groups in total. The third kappa shape index (κ3) is 1.35.